The minimum absolute atomic E-state index is 0.118. The van der Waals surface area contributed by atoms with E-state index in [0.29, 0.717) is 11.4 Å². The fraction of sp³-hybridized carbons (Fsp3) is 0.0667. The van der Waals surface area contributed by atoms with Crippen LogP contribution in [0.1, 0.15) is 10.4 Å². The lowest BCUT2D eigenvalue weighted by atomic mass is 10.2. The van der Waals surface area contributed by atoms with Crippen LogP contribution in [0.4, 0.5) is 10.1 Å². The van der Waals surface area contributed by atoms with Crippen molar-refractivity contribution in [2.45, 2.75) is 0 Å². The number of rotatable bonds is 4. The van der Waals surface area contributed by atoms with Gasteiger partial charge in [0.15, 0.2) is 6.61 Å². The monoisotopic (exact) mass is 270 g/mol. The summed E-state index contributed by atoms with van der Waals surface area (Å²) in [6, 6.07) is 14.0. The van der Waals surface area contributed by atoms with Gasteiger partial charge in [-0.1, -0.05) is 18.2 Å². The minimum Gasteiger partial charge on any atom is -0.477 e. The Hall–Kier alpha value is -2.87. The van der Waals surface area contributed by atoms with E-state index in [1.807, 2.05) is 6.07 Å². The van der Waals surface area contributed by atoms with Gasteiger partial charge in [-0.05, 0) is 30.3 Å². The molecule has 0 aliphatic carbocycles. The van der Waals surface area contributed by atoms with E-state index >= 15 is 0 Å². The Bertz CT molecular complexity index is 665. The molecule has 0 spiro atoms. The van der Waals surface area contributed by atoms with Crippen LogP contribution in [0.5, 0.6) is 5.75 Å². The van der Waals surface area contributed by atoms with Crippen molar-refractivity contribution in [3.05, 3.63) is 59.9 Å². The van der Waals surface area contributed by atoms with Crippen LogP contribution in [-0.2, 0) is 0 Å². The van der Waals surface area contributed by atoms with Gasteiger partial charge in [0, 0.05) is 5.56 Å². The van der Waals surface area contributed by atoms with Crippen molar-refractivity contribution in [2.75, 3.05) is 11.9 Å². The van der Waals surface area contributed by atoms with Gasteiger partial charge in [0.1, 0.15) is 17.6 Å². The van der Waals surface area contributed by atoms with Crippen LogP contribution < -0.4 is 10.1 Å². The molecular formula is C15H11FN2O2. The Morgan fingerprint density at radius 3 is 2.80 bits per heavy atom. The second kappa shape index (κ2) is 6.34. The van der Waals surface area contributed by atoms with Crippen molar-refractivity contribution in [2.24, 2.45) is 0 Å². The zero-order valence-corrected chi connectivity index (χ0v) is 10.5. The molecule has 100 valence electrons. The van der Waals surface area contributed by atoms with Gasteiger partial charge in [0.25, 0.3) is 5.91 Å². The van der Waals surface area contributed by atoms with Crippen LogP contribution in [0, 0.1) is 17.1 Å². The number of nitrogens with zero attached hydrogens (tertiary/aromatic N) is 1. The largest absolute Gasteiger partial charge is 0.477 e. The predicted octanol–water partition coefficient (Wildman–Crippen LogP) is 2.98. The van der Waals surface area contributed by atoms with Crippen LogP contribution in [0.15, 0.2) is 48.5 Å². The van der Waals surface area contributed by atoms with E-state index in [1.165, 1.54) is 18.2 Å². The van der Waals surface area contributed by atoms with Crippen molar-refractivity contribution < 1.29 is 13.9 Å². The zero-order valence-electron chi connectivity index (χ0n) is 10.5. The first-order chi connectivity index (χ1) is 9.70. The predicted molar refractivity (Wildman–Crippen MR) is 71.9 cm³/mol. The third-order valence-corrected chi connectivity index (χ3v) is 2.51. The molecule has 0 radical (unpaired) electrons. The Balaban J connectivity index is 2.18. The second-order valence-corrected chi connectivity index (χ2v) is 3.91. The second-order valence-electron chi connectivity index (χ2n) is 3.91. The molecule has 2 aromatic rings. The average Bonchev–Trinajstić information content (AvgIpc) is 2.46. The highest BCUT2D eigenvalue weighted by molar-refractivity contribution is 6.05. The normalized spacial score (nSPS) is 9.60. The fourth-order valence-corrected chi connectivity index (χ4v) is 1.63. The third kappa shape index (κ3) is 3.33. The molecule has 0 heterocycles. The summed E-state index contributed by atoms with van der Waals surface area (Å²) in [4.78, 5) is 12.0. The van der Waals surface area contributed by atoms with Crippen LogP contribution in [-0.4, -0.2) is 12.5 Å². The maximum atomic E-state index is 13.1. The van der Waals surface area contributed by atoms with Crippen molar-refractivity contribution >= 4 is 11.6 Å². The number of carbonyl (C=O) groups excluding carboxylic acids is 1. The molecule has 20 heavy (non-hydrogen) atoms. The van der Waals surface area contributed by atoms with Gasteiger partial charge in [-0.25, -0.2) is 4.39 Å². The van der Waals surface area contributed by atoms with E-state index in [1.54, 1.807) is 24.3 Å². The maximum Gasteiger partial charge on any atom is 0.255 e. The Morgan fingerprint density at radius 2 is 2.05 bits per heavy atom. The van der Waals surface area contributed by atoms with Gasteiger partial charge in [-0.3, -0.25) is 4.79 Å². The summed E-state index contributed by atoms with van der Waals surface area (Å²) in [6.45, 7) is -0.118. The molecular weight excluding hydrogens is 259 g/mol. The smallest absolute Gasteiger partial charge is 0.255 e. The molecule has 0 bridgehead atoms. The highest BCUT2D eigenvalue weighted by Gasteiger charge is 2.10. The van der Waals surface area contributed by atoms with Gasteiger partial charge in [-0.2, -0.15) is 5.26 Å². The fourth-order valence-electron chi connectivity index (χ4n) is 1.63. The van der Waals surface area contributed by atoms with E-state index < -0.39 is 11.7 Å². The van der Waals surface area contributed by atoms with Crippen molar-refractivity contribution in [1.82, 2.24) is 0 Å². The molecule has 1 amide bonds. The molecule has 0 unspecified atom stereocenters. The number of benzene rings is 2. The molecule has 2 rings (SSSR count). The lowest BCUT2D eigenvalue weighted by molar-refractivity contribution is 0.102. The van der Waals surface area contributed by atoms with Crippen LogP contribution >= 0.6 is 0 Å². The van der Waals surface area contributed by atoms with Crippen molar-refractivity contribution in [1.29, 1.82) is 5.26 Å². The number of halogens is 1. The van der Waals surface area contributed by atoms with Crippen molar-refractivity contribution in [3.8, 4) is 11.8 Å². The number of ether oxygens (including phenoxy) is 1. The number of amides is 1. The number of nitriles is 1. The summed E-state index contributed by atoms with van der Waals surface area (Å²) < 4.78 is 18.3. The van der Waals surface area contributed by atoms with E-state index in [2.05, 4.69) is 5.32 Å². The summed E-state index contributed by atoms with van der Waals surface area (Å²) in [6.07, 6.45) is 0. The highest BCUT2D eigenvalue weighted by Crippen LogP contribution is 2.24. The molecule has 0 saturated carbocycles. The molecule has 5 heteroatoms. The summed E-state index contributed by atoms with van der Waals surface area (Å²) in [5.74, 6) is -0.539. The lowest BCUT2D eigenvalue weighted by Crippen LogP contribution is -2.13. The summed E-state index contributed by atoms with van der Waals surface area (Å²) in [5.41, 5.74) is 0.636. The minimum atomic E-state index is -0.480. The van der Waals surface area contributed by atoms with E-state index in [4.69, 9.17) is 10.00 Å². The Morgan fingerprint density at radius 1 is 1.25 bits per heavy atom. The Labute approximate surface area is 115 Å². The van der Waals surface area contributed by atoms with Gasteiger partial charge >= 0.3 is 0 Å². The molecule has 0 aromatic heterocycles. The molecule has 0 saturated heterocycles. The van der Waals surface area contributed by atoms with Crippen LogP contribution in [0.3, 0.4) is 0 Å². The van der Waals surface area contributed by atoms with Crippen molar-refractivity contribution in [3.63, 3.8) is 0 Å². The standard InChI is InChI=1S/C15H11FN2O2/c16-12-5-3-4-11(10-12)15(19)18-13-6-1-2-7-14(13)20-9-8-17/h1-7,10H,9H2,(H,18,19). The number of nitrogens with one attached hydrogen (secondary N) is 1. The van der Waals surface area contributed by atoms with Gasteiger partial charge < -0.3 is 10.1 Å². The lowest BCUT2D eigenvalue weighted by Gasteiger charge is -2.10. The van der Waals surface area contributed by atoms with E-state index in [0.717, 1.165) is 6.07 Å². The summed E-state index contributed by atoms with van der Waals surface area (Å²) in [7, 11) is 0. The highest BCUT2D eigenvalue weighted by atomic mass is 19.1. The quantitative estimate of drug-likeness (QED) is 0.929. The van der Waals surface area contributed by atoms with Crippen LogP contribution in [0.2, 0.25) is 0 Å². The molecule has 0 aliphatic rings. The topological polar surface area (TPSA) is 62.1 Å². The van der Waals surface area contributed by atoms with E-state index in [9.17, 15) is 9.18 Å². The number of hydrogen-bond acceptors (Lipinski definition) is 3. The van der Waals surface area contributed by atoms with Gasteiger partial charge in [0.05, 0.1) is 5.69 Å². The molecule has 0 aliphatic heterocycles. The molecule has 0 fully saturated rings. The molecule has 1 N–H and O–H groups in total. The molecule has 2 aromatic carbocycles. The first kappa shape index (κ1) is 13.6. The number of anilines is 1. The summed E-state index contributed by atoms with van der Waals surface area (Å²) >= 11 is 0. The van der Waals surface area contributed by atoms with E-state index in [-0.39, 0.29) is 12.2 Å². The maximum absolute atomic E-state index is 13.1. The number of para-hydroxylation sites is 2. The summed E-state index contributed by atoms with van der Waals surface area (Å²) in [5, 5.41) is 11.1. The van der Waals surface area contributed by atoms with Gasteiger partial charge in [0.2, 0.25) is 0 Å². The Kier molecular flexibility index (Phi) is 4.30. The first-order valence-electron chi connectivity index (χ1n) is 5.86. The van der Waals surface area contributed by atoms with Crippen LogP contribution in [0.25, 0.3) is 0 Å². The SMILES string of the molecule is N#CCOc1ccccc1NC(=O)c1cccc(F)c1. The number of hydrogen-bond donors (Lipinski definition) is 1. The zero-order chi connectivity index (χ0) is 14.4. The van der Waals surface area contributed by atoms with Gasteiger partial charge in [-0.15, -0.1) is 0 Å². The third-order valence-electron chi connectivity index (χ3n) is 2.51. The number of carbonyl (C=O) groups is 1. The first-order valence-corrected chi connectivity index (χ1v) is 5.86. The molecule has 0 atom stereocenters. The average molecular weight is 270 g/mol. The molecule has 4 nitrogen and oxygen atoms in total.